The molecule has 0 amide bonds. The molecular formula is C12H22O3Si2. The van der Waals surface area contributed by atoms with Gasteiger partial charge in [-0.1, -0.05) is 42.5 Å². The Balaban J connectivity index is 2.80. The summed E-state index contributed by atoms with van der Waals surface area (Å²) in [5.74, 6) is 0. The van der Waals surface area contributed by atoms with Crippen molar-refractivity contribution >= 4 is 22.8 Å². The lowest BCUT2D eigenvalue weighted by Gasteiger charge is -2.24. The fourth-order valence-corrected chi connectivity index (χ4v) is 4.37. The molecule has 0 aliphatic rings. The molecule has 0 spiro atoms. The van der Waals surface area contributed by atoms with E-state index in [1.807, 2.05) is 0 Å². The van der Waals surface area contributed by atoms with E-state index in [-0.39, 0.29) is 0 Å². The molecule has 0 N–H and O–H groups in total. The van der Waals surface area contributed by atoms with Gasteiger partial charge in [0.15, 0.2) is 0 Å². The van der Waals surface area contributed by atoms with Crippen molar-refractivity contribution in [1.82, 2.24) is 0 Å². The second kappa shape index (κ2) is 6.46. The molecule has 1 aromatic carbocycles. The highest BCUT2D eigenvalue weighted by atomic mass is 28.4. The van der Waals surface area contributed by atoms with Gasteiger partial charge in [-0.25, -0.2) is 0 Å². The Kier molecular flexibility index (Phi) is 5.55. The third kappa shape index (κ3) is 3.75. The van der Waals surface area contributed by atoms with Crippen LogP contribution in [-0.2, 0) is 19.3 Å². The molecule has 0 bridgehead atoms. The first-order valence-electron chi connectivity index (χ1n) is 5.81. The molecule has 0 radical (unpaired) electrons. The Morgan fingerprint density at radius 1 is 0.941 bits per heavy atom. The smallest absolute Gasteiger partial charge is 0.377 e. The molecule has 1 rings (SSSR count). The zero-order valence-electron chi connectivity index (χ0n) is 11.3. The molecule has 96 valence electrons. The lowest BCUT2D eigenvalue weighted by atomic mass is 10.2. The zero-order chi connectivity index (χ0) is 12.9. The molecule has 0 saturated carbocycles. The van der Waals surface area contributed by atoms with Gasteiger partial charge in [-0.15, -0.1) is 0 Å². The topological polar surface area (TPSA) is 27.7 Å². The third-order valence-electron chi connectivity index (χ3n) is 3.00. The van der Waals surface area contributed by atoms with Gasteiger partial charge >= 0.3 is 8.80 Å². The lowest BCUT2D eigenvalue weighted by molar-refractivity contribution is 0.122. The van der Waals surface area contributed by atoms with Gasteiger partial charge in [0.25, 0.3) is 0 Å². The van der Waals surface area contributed by atoms with Crippen molar-refractivity contribution in [2.24, 2.45) is 0 Å². The summed E-state index contributed by atoms with van der Waals surface area (Å²) < 4.78 is 16.3. The monoisotopic (exact) mass is 270 g/mol. The summed E-state index contributed by atoms with van der Waals surface area (Å²) >= 11 is 0. The molecule has 0 atom stereocenters. The number of benzene rings is 1. The van der Waals surface area contributed by atoms with Gasteiger partial charge in [0.2, 0.25) is 0 Å². The molecule has 0 aliphatic carbocycles. The molecule has 1 aromatic rings. The summed E-state index contributed by atoms with van der Waals surface area (Å²) in [4.78, 5) is 0. The van der Waals surface area contributed by atoms with Crippen LogP contribution in [0.2, 0.25) is 13.1 Å². The van der Waals surface area contributed by atoms with Crippen molar-refractivity contribution in [2.45, 2.75) is 19.1 Å². The van der Waals surface area contributed by atoms with Crippen LogP contribution in [-0.4, -0.2) is 38.9 Å². The van der Waals surface area contributed by atoms with E-state index in [9.17, 15) is 0 Å². The van der Waals surface area contributed by atoms with Crippen LogP contribution in [0.5, 0.6) is 0 Å². The first kappa shape index (κ1) is 14.6. The van der Waals surface area contributed by atoms with Crippen molar-refractivity contribution in [1.29, 1.82) is 0 Å². The van der Waals surface area contributed by atoms with Gasteiger partial charge in [0.05, 0.1) is 8.80 Å². The van der Waals surface area contributed by atoms with Crippen LogP contribution in [0.15, 0.2) is 24.3 Å². The predicted octanol–water partition coefficient (Wildman–Crippen LogP) is 1.34. The highest BCUT2D eigenvalue weighted by Gasteiger charge is 2.37. The van der Waals surface area contributed by atoms with E-state index >= 15 is 0 Å². The van der Waals surface area contributed by atoms with Gasteiger partial charge in [0, 0.05) is 27.4 Å². The summed E-state index contributed by atoms with van der Waals surface area (Å²) in [5.41, 5.74) is 1.21. The average Bonchev–Trinajstić information content (AvgIpc) is 2.37. The highest BCUT2D eigenvalue weighted by Crippen LogP contribution is 2.13. The summed E-state index contributed by atoms with van der Waals surface area (Å²) in [7, 11) is 1.74. The van der Waals surface area contributed by atoms with Gasteiger partial charge in [-0.05, 0) is 5.56 Å². The van der Waals surface area contributed by atoms with Crippen LogP contribution < -0.4 is 5.19 Å². The van der Waals surface area contributed by atoms with Crippen LogP contribution in [0.4, 0.5) is 0 Å². The van der Waals surface area contributed by atoms with Crippen molar-refractivity contribution in [2.75, 3.05) is 21.3 Å². The SMILES string of the molecule is CO[Si](Cc1ccc([SiH](C)C)cc1)(OC)OC. The lowest BCUT2D eigenvalue weighted by Crippen LogP contribution is -2.45. The zero-order valence-corrected chi connectivity index (χ0v) is 13.5. The van der Waals surface area contributed by atoms with Gasteiger partial charge < -0.3 is 13.3 Å². The molecule has 0 aliphatic heterocycles. The molecule has 3 nitrogen and oxygen atoms in total. The largest absolute Gasteiger partial charge is 0.504 e. The standard InChI is InChI=1S/C12H22O3Si2/c1-13-17(14-2,15-3)10-11-6-8-12(9-7-11)16(4)5/h6-9,16H,10H2,1-5H3. The molecule has 5 heteroatoms. The molecule has 0 fully saturated rings. The second-order valence-corrected chi connectivity index (χ2v) is 10.3. The van der Waals surface area contributed by atoms with Crippen molar-refractivity contribution in [3.8, 4) is 0 Å². The first-order valence-corrected chi connectivity index (χ1v) is 10.6. The van der Waals surface area contributed by atoms with E-state index in [1.165, 1.54) is 10.8 Å². The number of rotatable bonds is 6. The maximum atomic E-state index is 5.42. The van der Waals surface area contributed by atoms with Crippen molar-refractivity contribution in [3.63, 3.8) is 0 Å². The fourth-order valence-electron chi connectivity index (χ4n) is 1.74. The molecular weight excluding hydrogens is 248 g/mol. The summed E-state index contributed by atoms with van der Waals surface area (Å²) in [6.07, 6.45) is 0. The maximum absolute atomic E-state index is 5.42. The van der Waals surface area contributed by atoms with Crippen LogP contribution in [0.3, 0.4) is 0 Å². The Hall–Kier alpha value is -0.466. The summed E-state index contributed by atoms with van der Waals surface area (Å²) in [5, 5.41) is 1.48. The van der Waals surface area contributed by atoms with E-state index < -0.39 is 17.6 Å². The van der Waals surface area contributed by atoms with E-state index in [0.29, 0.717) is 0 Å². The normalized spacial score (nSPS) is 12.1. The Morgan fingerprint density at radius 2 is 1.41 bits per heavy atom. The number of hydrogen-bond acceptors (Lipinski definition) is 3. The van der Waals surface area contributed by atoms with E-state index in [4.69, 9.17) is 13.3 Å². The molecule has 0 saturated heterocycles. The van der Waals surface area contributed by atoms with Crippen LogP contribution >= 0.6 is 0 Å². The van der Waals surface area contributed by atoms with Gasteiger partial charge in [-0.3, -0.25) is 0 Å². The summed E-state index contributed by atoms with van der Waals surface area (Å²) in [6, 6.07) is 9.46. The van der Waals surface area contributed by atoms with Crippen molar-refractivity contribution in [3.05, 3.63) is 29.8 Å². The molecule has 17 heavy (non-hydrogen) atoms. The Morgan fingerprint density at radius 3 is 1.76 bits per heavy atom. The van der Waals surface area contributed by atoms with Crippen LogP contribution in [0.1, 0.15) is 5.56 Å². The van der Waals surface area contributed by atoms with Crippen molar-refractivity contribution < 1.29 is 13.3 Å². The average molecular weight is 270 g/mol. The van der Waals surface area contributed by atoms with Crippen LogP contribution in [0, 0.1) is 0 Å². The van der Waals surface area contributed by atoms with Crippen LogP contribution in [0.25, 0.3) is 0 Å². The number of hydrogen-bond donors (Lipinski definition) is 0. The minimum Gasteiger partial charge on any atom is -0.377 e. The molecule has 0 unspecified atom stereocenters. The Bertz CT molecular complexity index is 326. The second-order valence-electron chi connectivity index (χ2n) is 4.37. The van der Waals surface area contributed by atoms with E-state index in [2.05, 4.69) is 37.4 Å². The summed E-state index contributed by atoms with van der Waals surface area (Å²) in [6.45, 7) is 4.65. The maximum Gasteiger partial charge on any atom is 0.504 e. The minimum atomic E-state index is -2.49. The predicted molar refractivity (Wildman–Crippen MR) is 75.4 cm³/mol. The highest BCUT2D eigenvalue weighted by molar-refractivity contribution is 6.70. The molecule has 0 aromatic heterocycles. The minimum absolute atomic E-state index is 0.707. The van der Waals surface area contributed by atoms with E-state index in [0.717, 1.165) is 6.04 Å². The van der Waals surface area contributed by atoms with Gasteiger partial charge in [-0.2, -0.15) is 0 Å². The Labute approximate surface area is 107 Å². The molecule has 0 heterocycles. The van der Waals surface area contributed by atoms with E-state index in [1.54, 1.807) is 21.3 Å². The third-order valence-corrected chi connectivity index (χ3v) is 7.43. The first-order chi connectivity index (χ1) is 8.06. The quantitative estimate of drug-likeness (QED) is 0.730. The van der Waals surface area contributed by atoms with Gasteiger partial charge in [0.1, 0.15) is 0 Å². The fraction of sp³-hybridized carbons (Fsp3) is 0.500.